The van der Waals surface area contributed by atoms with Crippen LogP contribution in [0.2, 0.25) is 0 Å². The van der Waals surface area contributed by atoms with Gasteiger partial charge in [0, 0.05) is 13.0 Å². The molecule has 0 amide bonds. The Balaban J connectivity index is 3.73. The van der Waals surface area contributed by atoms with Crippen molar-refractivity contribution in [3.05, 3.63) is 0 Å². The van der Waals surface area contributed by atoms with Crippen LogP contribution in [0.5, 0.6) is 0 Å². The summed E-state index contributed by atoms with van der Waals surface area (Å²) in [6, 6.07) is 0. The topological polar surface area (TPSA) is 38.7 Å². The van der Waals surface area contributed by atoms with Crippen LogP contribution in [0, 0.1) is 0 Å². The van der Waals surface area contributed by atoms with Gasteiger partial charge in [0.25, 0.3) is 0 Å². The summed E-state index contributed by atoms with van der Waals surface area (Å²) in [5, 5.41) is 8.67. The lowest BCUT2D eigenvalue weighted by molar-refractivity contribution is -0.184. The Morgan fingerprint density at radius 2 is 1.46 bits per heavy atom. The van der Waals surface area contributed by atoms with Crippen LogP contribution in [0.3, 0.4) is 0 Å². The first kappa shape index (κ1) is 12.9. The van der Waals surface area contributed by atoms with Crippen LogP contribution in [-0.4, -0.2) is 30.2 Å². The third kappa shape index (κ3) is 8.22. The van der Waals surface area contributed by atoms with Crippen molar-refractivity contribution in [2.24, 2.45) is 0 Å². The highest BCUT2D eigenvalue weighted by Crippen LogP contribution is 2.09. The summed E-state index contributed by atoms with van der Waals surface area (Å²) in [6.07, 6.45) is 1.65. The number of hydrogen-bond acceptors (Lipinski definition) is 3. The summed E-state index contributed by atoms with van der Waals surface area (Å²) >= 11 is 0. The Hall–Kier alpha value is -0.120. The van der Waals surface area contributed by atoms with Crippen LogP contribution in [0.15, 0.2) is 0 Å². The third-order valence-electron chi connectivity index (χ3n) is 1.45. The predicted molar refractivity (Wildman–Crippen MR) is 52.5 cm³/mol. The molecule has 0 saturated carbocycles. The van der Waals surface area contributed by atoms with Gasteiger partial charge in [-0.05, 0) is 34.1 Å². The van der Waals surface area contributed by atoms with E-state index in [1.807, 2.05) is 27.7 Å². The molecule has 0 aliphatic heterocycles. The highest BCUT2D eigenvalue weighted by Gasteiger charge is 2.12. The fourth-order valence-corrected chi connectivity index (χ4v) is 1.03. The molecular weight excluding hydrogens is 168 g/mol. The van der Waals surface area contributed by atoms with E-state index < -0.39 is 0 Å². The van der Waals surface area contributed by atoms with Crippen molar-refractivity contribution < 1.29 is 14.6 Å². The van der Waals surface area contributed by atoms with Crippen LogP contribution < -0.4 is 0 Å². The van der Waals surface area contributed by atoms with Gasteiger partial charge in [-0.1, -0.05) is 0 Å². The first-order valence-electron chi connectivity index (χ1n) is 4.98. The lowest BCUT2D eigenvalue weighted by atomic mass is 10.3. The Morgan fingerprint density at radius 1 is 1.00 bits per heavy atom. The number of ether oxygens (including phenoxy) is 2. The van der Waals surface area contributed by atoms with Gasteiger partial charge in [-0.25, -0.2) is 0 Å². The fourth-order valence-electron chi connectivity index (χ4n) is 1.03. The van der Waals surface area contributed by atoms with E-state index in [4.69, 9.17) is 14.6 Å². The molecule has 3 heteroatoms. The van der Waals surface area contributed by atoms with E-state index in [0.717, 1.165) is 12.8 Å². The van der Waals surface area contributed by atoms with Crippen LogP contribution >= 0.6 is 0 Å². The van der Waals surface area contributed by atoms with Crippen molar-refractivity contribution in [1.29, 1.82) is 0 Å². The van der Waals surface area contributed by atoms with E-state index in [0.29, 0.717) is 0 Å². The zero-order valence-corrected chi connectivity index (χ0v) is 9.12. The predicted octanol–water partition coefficient (Wildman–Crippen LogP) is 1.93. The van der Waals surface area contributed by atoms with Gasteiger partial charge in [-0.3, -0.25) is 0 Å². The van der Waals surface area contributed by atoms with Crippen molar-refractivity contribution in [1.82, 2.24) is 0 Å². The average molecular weight is 190 g/mol. The molecule has 80 valence electrons. The second-order valence-corrected chi connectivity index (χ2v) is 3.67. The van der Waals surface area contributed by atoms with E-state index >= 15 is 0 Å². The van der Waals surface area contributed by atoms with Gasteiger partial charge in [0.2, 0.25) is 0 Å². The molecule has 0 aromatic carbocycles. The number of rotatable bonds is 7. The highest BCUT2D eigenvalue weighted by atomic mass is 16.7. The average Bonchev–Trinajstić information content (AvgIpc) is 1.98. The lowest BCUT2D eigenvalue weighted by Crippen LogP contribution is -2.24. The van der Waals surface area contributed by atoms with E-state index in [-0.39, 0.29) is 25.1 Å². The Bertz CT molecular complexity index is 103. The molecule has 0 bridgehead atoms. The minimum atomic E-state index is -0.174. The summed E-state index contributed by atoms with van der Waals surface area (Å²) in [6.45, 7) is 8.12. The fraction of sp³-hybridized carbons (Fsp3) is 1.00. The summed E-state index contributed by atoms with van der Waals surface area (Å²) in [4.78, 5) is 0. The van der Waals surface area contributed by atoms with Gasteiger partial charge in [0.05, 0.1) is 12.2 Å². The summed E-state index contributed by atoms with van der Waals surface area (Å²) in [5.74, 6) is 0. The Kier molecular flexibility index (Phi) is 7.23. The molecule has 0 rings (SSSR count). The Morgan fingerprint density at radius 3 is 1.77 bits per heavy atom. The SMILES string of the molecule is CC(C)OC(CCCO)OC(C)C. The number of hydrogen-bond donors (Lipinski definition) is 1. The van der Waals surface area contributed by atoms with Gasteiger partial charge >= 0.3 is 0 Å². The van der Waals surface area contributed by atoms with Crippen molar-refractivity contribution in [2.45, 2.75) is 59.0 Å². The van der Waals surface area contributed by atoms with Gasteiger partial charge in [-0.2, -0.15) is 0 Å². The molecule has 0 saturated heterocycles. The van der Waals surface area contributed by atoms with Gasteiger partial charge in [-0.15, -0.1) is 0 Å². The van der Waals surface area contributed by atoms with Crippen LogP contribution in [0.4, 0.5) is 0 Å². The van der Waals surface area contributed by atoms with Gasteiger partial charge in [0.15, 0.2) is 6.29 Å². The minimum absolute atomic E-state index is 0.169. The molecule has 0 heterocycles. The van der Waals surface area contributed by atoms with Crippen LogP contribution in [0.1, 0.15) is 40.5 Å². The molecule has 0 fully saturated rings. The lowest BCUT2D eigenvalue weighted by Gasteiger charge is -2.22. The molecule has 0 atom stereocenters. The Labute approximate surface area is 81.0 Å². The summed E-state index contributed by atoms with van der Waals surface area (Å²) < 4.78 is 11.1. The number of aliphatic hydroxyl groups is 1. The molecule has 1 N–H and O–H groups in total. The van der Waals surface area contributed by atoms with Gasteiger partial charge in [0.1, 0.15) is 0 Å². The normalized spacial score (nSPS) is 12.0. The van der Waals surface area contributed by atoms with E-state index in [9.17, 15) is 0 Å². The van der Waals surface area contributed by atoms with Crippen molar-refractivity contribution in [3.8, 4) is 0 Å². The molecule has 0 aromatic rings. The summed E-state index contributed by atoms with van der Waals surface area (Å²) in [7, 11) is 0. The maximum absolute atomic E-state index is 8.67. The summed E-state index contributed by atoms with van der Waals surface area (Å²) in [5.41, 5.74) is 0. The maximum Gasteiger partial charge on any atom is 0.158 e. The largest absolute Gasteiger partial charge is 0.396 e. The third-order valence-corrected chi connectivity index (χ3v) is 1.45. The van der Waals surface area contributed by atoms with Crippen molar-refractivity contribution >= 4 is 0 Å². The quantitative estimate of drug-likeness (QED) is 0.623. The van der Waals surface area contributed by atoms with Crippen LogP contribution in [0.25, 0.3) is 0 Å². The first-order chi connectivity index (χ1) is 6.06. The molecule has 3 nitrogen and oxygen atoms in total. The molecule has 13 heavy (non-hydrogen) atoms. The standard InChI is InChI=1S/C10H22O3/c1-8(2)12-10(6-5-7-11)13-9(3)4/h8-11H,5-7H2,1-4H3. The molecule has 0 aliphatic rings. The molecule has 0 radical (unpaired) electrons. The maximum atomic E-state index is 8.67. The zero-order valence-electron chi connectivity index (χ0n) is 9.12. The van der Waals surface area contributed by atoms with E-state index in [1.165, 1.54) is 0 Å². The molecule has 0 aromatic heterocycles. The van der Waals surface area contributed by atoms with Crippen LogP contribution in [-0.2, 0) is 9.47 Å². The number of aliphatic hydroxyl groups excluding tert-OH is 1. The van der Waals surface area contributed by atoms with E-state index in [2.05, 4.69) is 0 Å². The first-order valence-corrected chi connectivity index (χ1v) is 4.98. The second kappa shape index (κ2) is 7.30. The zero-order chi connectivity index (χ0) is 10.3. The smallest absolute Gasteiger partial charge is 0.158 e. The van der Waals surface area contributed by atoms with Gasteiger partial charge < -0.3 is 14.6 Å². The monoisotopic (exact) mass is 190 g/mol. The molecule has 0 unspecified atom stereocenters. The molecule has 0 spiro atoms. The van der Waals surface area contributed by atoms with Crippen molar-refractivity contribution in [3.63, 3.8) is 0 Å². The van der Waals surface area contributed by atoms with Crippen molar-refractivity contribution in [2.75, 3.05) is 6.61 Å². The van der Waals surface area contributed by atoms with E-state index in [1.54, 1.807) is 0 Å². The minimum Gasteiger partial charge on any atom is -0.396 e. The second-order valence-electron chi connectivity index (χ2n) is 3.67. The highest BCUT2D eigenvalue weighted by molar-refractivity contribution is 4.50. The molecular formula is C10H22O3. The molecule has 0 aliphatic carbocycles.